The average Bonchev–Trinajstić information content (AvgIpc) is 3.28. The van der Waals surface area contributed by atoms with E-state index in [1.54, 1.807) is 25.1 Å². The molecule has 30 heavy (non-hydrogen) atoms. The molecule has 6 atom stereocenters. The molecule has 0 unspecified atom stereocenters. The van der Waals surface area contributed by atoms with Gasteiger partial charge in [-0.25, -0.2) is 4.79 Å². The lowest BCUT2D eigenvalue weighted by atomic mass is 9.52. The molecular formula is C21H25ClO8. The van der Waals surface area contributed by atoms with Gasteiger partial charge in [-0.05, 0) is 31.5 Å². The predicted molar refractivity (Wildman–Crippen MR) is 103 cm³/mol. The van der Waals surface area contributed by atoms with Crippen molar-refractivity contribution in [2.24, 2.45) is 5.41 Å². The molecule has 4 aliphatic rings. The van der Waals surface area contributed by atoms with Gasteiger partial charge >= 0.3 is 5.97 Å². The van der Waals surface area contributed by atoms with Crippen LogP contribution >= 0.6 is 11.6 Å². The molecule has 1 aromatic carbocycles. The summed E-state index contributed by atoms with van der Waals surface area (Å²) in [7, 11) is 0. The number of carbonyl (C=O) groups is 1. The smallest absolute Gasteiger partial charge is 0.340 e. The van der Waals surface area contributed by atoms with Crippen molar-refractivity contribution in [1.29, 1.82) is 0 Å². The van der Waals surface area contributed by atoms with Crippen LogP contribution in [-0.2, 0) is 23.7 Å². The highest BCUT2D eigenvalue weighted by Gasteiger charge is 2.82. The zero-order valence-electron chi connectivity index (χ0n) is 16.8. The summed E-state index contributed by atoms with van der Waals surface area (Å²) in [6.07, 6.45) is -2.56. The number of esters is 1. The number of ether oxygens (including phenoxy) is 5. The van der Waals surface area contributed by atoms with Gasteiger partial charge < -0.3 is 33.9 Å². The van der Waals surface area contributed by atoms with Crippen LogP contribution < -0.4 is 0 Å². The Bertz CT molecular complexity index is 868. The van der Waals surface area contributed by atoms with Crippen LogP contribution in [0.25, 0.3) is 0 Å². The van der Waals surface area contributed by atoms with Crippen molar-refractivity contribution in [3.63, 3.8) is 0 Å². The molecule has 164 valence electrons. The maximum atomic E-state index is 12.7. The van der Waals surface area contributed by atoms with Crippen molar-refractivity contribution < 1.29 is 38.7 Å². The first-order chi connectivity index (χ1) is 14.1. The fourth-order valence-electron chi connectivity index (χ4n) is 5.90. The first-order valence-electron chi connectivity index (χ1n) is 10.1. The third-order valence-corrected chi connectivity index (χ3v) is 7.53. The van der Waals surface area contributed by atoms with Gasteiger partial charge in [-0.15, -0.1) is 0 Å². The van der Waals surface area contributed by atoms with Crippen molar-refractivity contribution in [2.45, 2.75) is 68.8 Å². The molecule has 1 aliphatic carbocycles. The van der Waals surface area contributed by atoms with E-state index in [4.69, 9.17) is 35.3 Å². The lowest BCUT2D eigenvalue weighted by Crippen LogP contribution is -2.78. The zero-order valence-corrected chi connectivity index (χ0v) is 17.6. The Kier molecular flexibility index (Phi) is 4.55. The summed E-state index contributed by atoms with van der Waals surface area (Å²) in [5.41, 5.74) is -3.64. The second-order valence-electron chi connectivity index (χ2n) is 8.91. The van der Waals surface area contributed by atoms with Crippen LogP contribution in [0.2, 0.25) is 5.02 Å². The standard InChI is InChI=1S/C21H25ClO8/c1-18-11-14-28-17(29-16(24)12-4-3-5-13(22)10-12)15(23)21(18,30-14)19(2,25)6-7-20(18)26-8-9-27-20/h3-5,10,14-15,17,23,25H,6-9,11H2,1-2H3/t14-,15-,17-,18-,19-,21-/m1/s1. The highest BCUT2D eigenvalue weighted by atomic mass is 35.5. The number of aliphatic hydroxyl groups is 2. The van der Waals surface area contributed by atoms with Crippen LogP contribution in [0.15, 0.2) is 24.3 Å². The monoisotopic (exact) mass is 440 g/mol. The van der Waals surface area contributed by atoms with Gasteiger partial charge in [0.15, 0.2) is 12.1 Å². The molecule has 3 heterocycles. The summed E-state index contributed by atoms with van der Waals surface area (Å²) in [4.78, 5) is 12.7. The number of rotatable bonds is 2. The molecule has 2 bridgehead atoms. The summed E-state index contributed by atoms with van der Waals surface area (Å²) in [6.45, 7) is 4.34. The Balaban J connectivity index is 1.51. The van der Waals surface area contributed by atoms with Crippen LogP contribution in [0.1, 0.15) is 43.5 Å². The number of fused-ring (bicyclic) bond motifs is 2. The number of hydrogen-bond acceptors (Lipinski definition) is 8. The number of aliphatic hydroxyl groups excluding tert-OH is 1. The zero-order chi connectivity index (χ0) is 21.4. The van der Waals surface area contributed by atoms with Gasteiger partial charge in [-0.1, -0.05) is 24.6 Å². The fourth-order valence-corrected chi connectivity index (χ4v) is 6.09. The second kappa shape index (κ2) is 6.62. The van der Waals surface area contributed by atoms with E-state index in [1.807, 2.05) is 6.92 Å². The molecule has 2 N–H and O–H groups in total. The SMILES string of the molecule is C[C@@]1(O)CCC2(OCCO2)[C@@]2(C)C[C@@H]3O[C@H](OC(=O)c4cccc(Cl)c4)[C@@H](O)[C@]12O3. The molecular weight excluding hydrogens is 416 g/mol. The van der Waals surface area contributed by atoms with Gasteiger partial charge in [0.1, 0.15) is 11.7 Å². The average molecular weight is 441 g/mol. The Hall–Kier alpha value is -1.26. The Labute approximate surface area is 179 Å². The van der Waals surface area contributed by atoms with Gasteiger partial charge in [0.05, 0.1) is 29.8 Å². The predicted octanol–water partition coefficient (Wildman–Crippen LogP) is 1.99. The first kappa shape index (κ1) is 20.6. The minimum absolute atomic E-state index is 0.228. The summed E-state index contributed by atoms with van der Waals surface area (Å²) >= 11 is 5.96. The van der Waals surface area contributed by atoms with Gasteiger partial charge in [-0.3, -0.25) is 0 Å². The summed E-state index contributed by atoms with van der Waals surface area (Å²) in [6, 6.07) is 6.30. The lowest BCUT2D eigenvalue weighted by Gasteiger charge is -2.62. The Morgan fingerprint density at radius 2 is 1.97 bits per heavy atom. The first-order valence-corrected chi connectivity index (χ1v) is 10.5. The topological polar surface area (TPSA) is 104 Å². The van der Waals surface area contributed by atoms with E-state index in [-0.39, 0.29) is 12.0 Å². The summed E-state index contributed by atoms with van der Waals surface area (Å²) in [5.74, 6) is -1.71. The number of hydrogen-bond donors (Lipinski definition) is 2. The molecule has 5 rings (SSSR count). The van der Waals surface area contributed by atoms with E-state index < -0.39 is 47.1 Å². The third kappa shape index (κ3) is 2.53. The quantitative estimate of drug-likeness (QED) is 0.673. The van der Waals surface area contributed by atoms with E-state index in [9.17, 15) is 15.0 Å². The fraction of sp³-hybridized carbons (Fsp3) is 0.667. The normalized spacial score (nSPS) is 44.1. The summed E-state index contributed by atoms with van der Waals surface area (Å²) < 4.78 is 29.5. The molecule has 8 nitrogen and oxygen atoms in total. The highest BCUT2D eigenvalue weighted by molar-refractivity contribution is 6.30. The Morgan fingerprint density at radius 1 is 1.23 bits per heavy atom. The molecule has 2 spiro atoms. The third-order valence-electron chi connectivity index (χ3n) is 7.29. The minimum atomic E-state index is -1.51. The van der Waals surface area contributed by atoms with Crippen molar-refractivity contribution in [3.8, 4) is 0 Å². The van der Waals surface area contributed by atoms with E-state index >= 15 is 0 Å². The number of halogens is 1. The van der Waals surface area contributed by atoms with Gasteiger partial charge in [0.25, 0.3) is 0 Å². The molecule has 1 saturated carbocycles. The van der Waals surface area contributed by atoms with E-state index in [0.717, 1.165) is 0 Å². The maximum Gasteiger partial charge on any atom is 0.340 e. The maximum absolute atomic E-state index is 12.7. The minimum Gasteiger partial charge on any atom is -0.429 e. The highest BCUT2D eigenvalue weighted by Crippen LogP contribution is 2.68. The Morgan fingerprint density at radius 3 is 2.67 bits per heavy atom. The van der Waals surface area contributed by atoms with Gasteiger partial charge in [-0.2, -0.15) is 0 Å². The van der Waals surface area contributed by atoms with Crippen LogP contribution in [0.5, 0.6) is 0 Å². The molecule has 3 saturated heterocycles. The van der Waals surface area contributed by atoms with Crippen LogP contribution in [0, 0.1) is 5.41 Å². The molecule has 0 radical (unpaired) electrons. The van der Waals surface area contributed by atoms with Crippen LogP contribution in [0.3, 0.4) is 0 Å². The van der Waals surface area contributed by atoms with Crippen molar-refractivity contribution in [2.75, 3.05) is 13.2 Å². The molecule has 3 aliphatic heterocycles. The molecule has 1 aromatic rings. The van der Waals surface area contributed by atoms with Crippen molar-refractivity contribution in [1.82, 2.24) is 0 Å². The molecule has 0 amide bonds. The van der Waals surface area contributed by atoms with Gasteiger partial charge in [0.2, 0.25) is 6.29 Å². The molecule has 9 heteroatoms. The second-order valence-corrected chi connectivity index (χ2v) is 9.34. The van der Waals surface area contributed by atoms with E-state index in [1.165, 1.54) is 6.07 Å². The van der Waals surface area contributed by atoms with Crippen molar-refractivity contribution >= 4 is 17.6 Å². The van der Waals surface area contributed by atoms with Crippen LogP contribution in [0.4, 0.5) is 0 Å². The summed E-state index contributed by atoms with van der Waals surface area (Å²) in [5, 5.41) is 23.2. The van der Waals surface area contributed by atoms with Crippen LogP contribution in [-0.4, -0.2) is 65.1 Å². The van der Waals surface area contributed by atoms with Gasteiger partial charge in [0, 0.05) is 17.9 Å². The lowest BCUT2D eigenvalue weighted by molar-refractivity contribution is -0.409. The van der Waals surface area contributed by atoms with E-state index in [0.29, 0.717) is 31.1 Å². The number of benzene rings is 1. The largest absolute Gasteiger partial charge is 0.429 e. The molecule has 0 aromatic heterocycles. The van der Waals surface area contributed by atoms with Crippen molar-refractivity contribution in [3.05, 3.63) is 34.9 Å². The number of carbonyl (C=O) groups excluding carboxylic acids is 1. The van der Waals surface area contributed by atoms with E-state index in [2.05, 4.69) is 0 Å². The molecule has 4 fully saturated rings.